The van der Waals surface area contributed by atoms with Crippen molar-refractivity contribution in [2.75, 3.05) is 0 Å². The predicted octanol–water partition coefficient (Wildman–Crippen LogP) is 9.53. The van der Waals surface area contributed by atoms with Crippen molar-refractivity contribution >= 4 is 38.2 Å². The minimum atomic E-state index is -0.273. The van der Waals surface area contributed by atoms with Crippen LogP contribution in [0.4, 0.5) is 4.39 Å². The molecule has 3 aromatic heterocycles. The monoisotopic (exact) mass is 504 g/mol. The number of fused-ring (bicyclic) bond motifs is 6. The molecule has 0 aliphatic carbocycles. The lowest BCUT2D eigenvalue weighted by Gasteiger charge is -2.10. The molecule has 184 valence electrons. The summed E-state index contributed by atoms with van der Waals surface area (Å²) in [5.74, 6) is -0.273. The van der Waals surface area contributed by atoms with Crippen molar-refractivity contribution in [2.45, 2.75) is 0 Å². The maximum Gasteiger partial charge on any atom is 0.135 e. The van der Waals surface area contributed by atoms with Crippen LogP contribution in [0.3, 0.4) is 0 Å². The molecule has 0 spiro atoms. The van der Waals surface area contributed by atoms with E-state index >= 15 is 0 Å². The second kappa shape index (κ2) is 8.40. The van der Waals surface area contributed by atoms with E-state index in [9.17, 15) is 4.39 Å². The molecule has 0 unspecified atom stereocenters. The first kappa shape index (κ1) is 21.8. The van der Waals surface area contributed by atoms with Gasteiger partial charge in [-0.15, -0.1) is 0 Å². The van der Waals surface area contributed by atoms with Crippen LogP contribution in [0.5, 0.6) is 0 Å². The molecule has 3 heterocycles. The van der Waals surface area contributed by atoms with Crippen LogP contribution < -0.4 is 0 Å². The van der Waals surface area contributed by atoms with Gasteiger partial charge in [0, 0.05) is 32.8 Å². The Labute approximate surface area is 223 Å². The second-order valence-corrected chi connectivity index (χ2v) is 9.79. The lowest BCUT2D eigenvalue weighted by atomic mass is 9.96. The number of aromatic nitrogens is 2. The molecular weight excluding hydrogens is 483 g/mol. The number of hydrogen-bond acceptors (Lipinski definition) is 2. The lowest BCUT2D eigenvalue weighted by Crippen LogP contribution is -1.96. The summed E-state index contributed by atoms with van der Waals surface area (Å²) in [5.41, 5.74) is 8.36. The molecule has 3 nitrogen and oxygen atoms in total. The van der Waals surface area contributed by atoms with Gasteiger partial charge in [-0.05, 0) is 53.4 Å². The normalized spacial score (nSPS) is 11.7. The van der Waals surface area contributed by atoms with E-state index in [2.05, 4.69) is 48.5 Å². The summed E-state index contributed by atoms with van der Waals surface area (Å²) >= 11 is 0. The highest BCUT2D eigenvalue weighted by Crippen LogP contribution is 2.42. The summed E-state index contributed by atoms with van der Waals surface area (Å²) in [5, 5.41) is 9.14. The summed E-state index contributed by atoms with van der Waals surface area (Å²) in [4.78, 5) is 0. The van der Waals surface area contributed by atoms with Gasteiger partial charge in [0.15, 0.2) is 0 Å². The average molecular weight is 505 g/mol. The number of halogens is 1. The summed E-state index contributed by atoms with van der Waals surface area (Å²) in [6.45, 7) is 0. The number of rotatable bonds is 3. The molecule has 0 fully saturated rings. The molecule has 0 N–H and O–H groups in total. The van der Waals surface area contributed by atoms with Gasteiger partial charge in [0.2, 0.25) is 0 Å². The molecule has 8 aromatic rings. The van der Waals surface area contributed by atoms with Crippen LogP contribution >= 0.6 is 0 Å². The smallest absolute Gasteiger partial charge is 0.135 e. The first-order valence-corrected chi connectivity index (χ1v) is 12.9. The van der Waals surface area contributed by atoms with E-state index in [1.54, 1.807) is 6.07 Å². The van der Waals surface area contributed by atoms with Crippen molar-refractivity contribution in [2.24, 2.45) is 0 Å². The third kappa shape index (κ3) is 3.39. The summed E-state index contributed by atoms with van der Waals surface area (Å²) < 4.78 is 22.8. The van der Waals surface area contributed by atoms with Gasteiger partial charge in [0.1, 0.15) is 22.7 Å². The molecule has 8 rings (SSSR count). The largest absolute Gasteiger partial charge is 0.456 e. The number of benzene rings is 5. The molecule has 0 saturated heterocycles. The van der Waals surface area contributed by atoms with Crippen molar-refractivity contribution < 1.29 is 8.81 Å². The summed E-state index contributed by atoms with van der Waals surface area (Å²) in [6.07, 6.45) is 0. The molecule has 0 aliphatic rings. The van der Waals surface area contributed by atoms with Crippen LogP contribution in [0.1, 0.15) is 0 Å². The quantitative estimate of drug-likeness (QED) is 0.240. The van der Waals surface area contributed by atoms with E-state index in [1.165, 1.54) is 6.07 Å². The Bertz CT molecular complexity index is 2180. The molecule has 0 atom stereocenters. The van der Waals surface area contributed by atoms with Crippen LogP contribution in [0.2, 0.25) is 0 Å². The third-order valence-electron chi connectivity index (χ3n) is 7.46. The molecule has 0 bridgehead atoms. The van der Waals surface area contributed by atoms with Crippen LogP contribution in [0.25, 0.3) is 71.9 Å². The number of hydrogen-bond donors (Lipinski definition) is 0. The van der Waals surface area contributed by atoms with Crippen molar-refractivity contribution in [3.8, 4) is 33.6 Å². The van der Waals surface area contributed by atoms with E-state index in [0.717, 1.165) is 71.9 Å². The van der Waals surface area contributed by atoms with Gasteiger partial charge in [0.05, 0.1) is 11.2 Å². The standard InChI is InChI=1S/C35H21FN2O/c36-26-17-15-24-20-30(22-9-3-1-4-10-22)38-35(28(24)21-26)33(23-11-5-2-6-12-23)34(37-38)25-16-18-32-29(19-25)27-13-7-8-14-31(27)39-32/h1-21H. The van der Waals surface area contributed by atoms with Crippen molar-refractivity contribution in [1.82, 2.24) is 9.61 Å². The first-order chi connectivity index (χ1) is 19.2. The zero-order chi connectivity index (χ0) is 25.9. The maximum absolute atomic E-state index is 14.7. The van der Waals surface area contributed by atoms with Gasteiger partial charge in [-0.3, -0.25) is 0 Å². The zero-order valence-electron chi connectivity index (χ0n) is 20.8. The first-order valence-electron chi connectivity index (χ1n) is 12.9. The Morgan fingerprint density at radius 2 is 1.28 bits per heavy atom. The third-order valence-corrected chi connectivity index (χ3v) is 7.46. The summed E-state index contributed by atoms with van der Waals surface area (Å²) in [7, 11) is 0. The van der Waals surface area contributed by atoms with E-state index in [1.807, 2.05) is 71.2 Å². The number of furan rings is 1. The van der Waals surface area contributed by atoms with Gasteiger partial charge in [-0.1, -0.05) is 84.9 Å². The predicted molar refractivity (Wildman–Crippen MR) is 156 cm³/mol. The fourth-order valence-corrected chi connectivity index (χ4v) is 5.68. The van der Waals surface area contributed by atoms with Crippen LogP contribution in [0, 0.1) is 5.82 Å². The minimum absolute atomic E-state index is 0.273. The number of nitrogens with zero attached hydrogens (tertiary/aromatic N) is 2. The highest BCUT2D eigenvalue weighted by atomic mass is 19.1. The van der Waals surface area contributed by atoms with E-state index in [-0.39, 0.29) is 5.82 Å². The van der Waals surface area contributed by atoms with Gasteiger partial charge in [0.25, 0.3) is 0 Å². The molecule has 0 saturated carbocycles. The molecule has 0 radical (unpaired) electrons. The van der Waals surface area contributed by atoms with Crippen LogP contribution in [-0.4, -0.2) is 9.61 Å². The maximum atomic E-state index is 14.7. The molecule has 5 aromatic carbocycles. The molecular formula is C35H21FN2O. The molecule has 39 heavy (non-hydrogen) atoms. The van der Waals surface area contributed by atoms with E-state index < -0.39 is 0 Å². The zero-order valence-corrected chi connectivity index (χ0v) is 20.8. The molecule has 0 amide bonds. The molecule has 0 aliphatic heterocycles. The van der Waals surface area contributed by atoms with Gasteiger partial charge >= 0.3 is 0 Å². The Kier molecular flexibility index (Phi) is 4.70. The van der Waals surface area contributed by atoms with Gasteiger partial charge < -0.3 is 4.42 Å². The number of para-hydroxylation sites is 1. The Balaban J connectivity index is 1.54. The fraction of sp³-hybridized carbons (Fsp3) is 0. The Morgan fingerprint density at radius 3 is 2.10 bits per heavy atom. The molecule has 4 heteroatoms. The van der Waals surface area contributed by atoms with Crippen LogP contribution in [-0.2, 0) is 0 Å². The SMILES string of the molecule is Fc1ccc2cc(-c3ccccc3)n3nc(-c4ccc5oc6ccccc6c5c4)c(-c4ccccc4)c3c2c1. The van der Waals surface area contributed by atoms with Crippen LogP contribution in [0.15, 0.2) is 132 Å². The van der Waals surface area contributed by atoms with Gasteiger partial charge in [-0.2, -0.15) is 5.10 Å². The second-order valence-electron chi connectivity index (χ2n) is 9.79. The van der Waals surface area contributed by atoms with E-state index in [4.69, 9.17) is 9.52 Å². The lowest BCUT2D eigenvalue weighted by molar-refractivity contribution is 0.630. The van der Waals surface area contributed by atoms with Gasteiger partial charge in [-0.25, -0.2) is 8.91 Å². The fourth-order valence-electron chi connectivity index (χ4n) is 5.68. The highest BCUT2D eigenvalue weighted by molar-refractivity contribution is 6.10. The highest BCUT2D eigenvalue weighted by Gasteiger charge is 2.22. The average Bonchev–Trinajstić information content (AvgIpc) is 3.57. The minimum Gasteiger partial charge on any atom is -0.456 e. The number of pyridine rings is 1. The Hall–Kier alpha value is -5.22. The van der Waals surface area contributed by atoms with Crippen molar-refractivity contribution in [3.05, 3.63) is 133 Å². The Morgan fingerprint density at radius 1 is 0.564 bits per heavy atom. The topological polar surface area (TPSA) is 30.4 Å². The summed E-state index contributed by atoms with van der Waals surface area (Å²) in [6, 6.07) is 41.8. The van der Waals surface area contributed by atoms with E-state index in [0.29, 0.717) is 0 Å². The van der Waals surface area contributed by atoms with Crippen molar-refractivity contribution in [1.29, 1.82) is 0 Å². The van der Waals surface area contributed by atoms with Crippen molar-refractivity contribution in [3.63, 3.8) is 0 Å².